The fourth-order valence-electron chi connectivity index (χ4n) is 3.51. The van der Waals surface area contributed by atoms with Gasteiger partial charge in [0.15, 0.2) is 0 Å². The van der Waals surface area contributed by atoms with Gasteiger partial charge in [0.1, 0.15) is 18.8 Å². The molecule has 0 saturated heterocycles. The molecule has 34 heavy (non-hydrogen) atoms. The van der Waals surface area contributed by atoms with Gasteiger partial charge < -0.3 is 19.5 Å². The molecule has 0 heterocycles. The van der Waals surface area contributed by atoms with E-state index in [0.29, 0.717) is 35.6 Å². The van der Waals surface area contributed by atoms with Gasteiger partial charge in [0, 0.05) is 29.9 Å². The van der Waals surface area contributed by atoms with Crippen LogP contribution in [0.5, 0.6) is 0 Å². The highest BCUT2D eigenvalue weighted by molar-refractivity contribution is 6.34. The summed E-state index contributed by atoms with van der Waals surface area (Å²) in [7, 11) is 0. The molecular formula is C26H26N2O6. The zero-order chi connectivity index (χ0) is 24.5. The number of allylic oxidation sites excluding steroid dienone is 1. The molecule has 0 amide bonds. The number of carbonyl (C=O) groups is 3. The van der Waals surface area contributed by atoms with Gasteiger partial charge in [-0.1, -0.05) is 30.8 Å². The molecule has 3 rings (SSSR count). The number of hydrogen-bond acceptors (Lipinski definition) is 7. The smallest absolute Gasteiger partial charge is 0.339 e. The van der Waals surface area contributed by atoms with Gasteiger partial charge in [0.2, 0.25) is 5.78 Å². The zero-order valence-corrected chi connectivity index (χ0v) is 18.9. The van der Waals surface area contributed by atoms with Crippen molar-refractivity contribution in [3.63, 3.8) is 0 Å². The number of fused-ring (bicyclic) bond motifs is 1. The van der Waals surface area contributed by atoms with Crippen molar-refractivity contribution in [1.29, 1.82) is 0 Å². The molecule has 8 heteroatoms. The number of anilines is 1. The van der Waals surface area contributed by atoms with E-state index in [1.165, 1.54) is 12.3 Å². The Morgan fingerprint density at radius 3 is 2.44 bits per heavy atom. The third-order valence-electron chi connectivity index (χ3n) is 5.22. The van der Waals surface area contributed by atoms with E-state index in [1.54, 1.807) is 24.3 Å². The first-order chi connectivity index (χ1) is 16.4. The van der Waals surface area contributed by atoms with Gasteiger partial charge in [-0.05, 0) is 37.3 Å². The topological polar surface area (TPSA) is 106 Å². The predicted molar refractivity (Wildman–Crippen MR) is 129 cm³/mol. The fraction of sp³-hybridized carbons (Fsp3) is 0.231. The van der Waals surface area contributed by atoms with Crippen molar-refractivity contribution >= 4 is 34.8 Å². The number of benzene rings is 2. The number of Topliss-reactive ketones (excluding diaryl/α,β-unsaturated/α-hetero) is 1. The summed E-state index contributed by atoms with van der Waals surface area (Å²) in [6.07, 6.45) is 2.85. The number of carbonyl (C=O) groups excluding carboxylic acids is 2. The Labute approximate surface area is 197 Å². The number of hydrogen-bond donors (Lipinski definition) is 1. The number of ketones is 1. The minimum absolute atomic E-state index is 0.179. The van der Waals surface area contributed by atoms with Crippen molar-refractivity contribution in [2.75, 3.05) is 31.2 Å². The molecule has 2 aromatic carbocycles. The molecule has 0 radical (unpaired) electrons. The number of carboxylic acids is 1. The van der Waals surface area contributed by atoms with Crippen LogP contribution in [0.4, 0.5) is 11.4 Å². The van der Waals surface area contributed by atoms with Crippen LogP contribution in [-0.2, 0) is 19.1 Å². The molecule has 0 unspecified atom stereocenters. The lowest BCUT2D eigenvalue weighted by Crippen LogP contribution is -2.26. The Morgan fingerprint density at radius 1 is 1.09 bits per heavy atom. The van der Waals surface area contributed by atoms with Crippen LogP contribution in [0.15, 0.2) is 78.0 Å². The molecule has 0 saturated carbocycles. The van der Waals surface area contributed by atoms with Crippen LogP contribution < -0.4 is 4.90 Å². The SMILES string of the molecule is C=COCCOC(=O)CCN(CC)c1ccc(N=C2C=C(C(=O)O)C(=O)c3ccccc32)cc1. The molecular weight excluding hydrogens is 436 g/mol. The first-order valence-corrected chi connectivity index (χ1v) is 10.9. The number of aliphatic carboxylic acids is 1. The third-order valence-corrected chi connectivity index (χ3v) is 5.22. The first kappa shape index (κ1) is 24.4. The van der Waals surface area contributed by atoms with E-state index < -0.39 is 11.8 Å². The second-order valence-corrected chi connectivity index (χ2v) is 7.34. The van der Waals surface area contributed by atoms with Gasteiger partial charge in [-0.25, -0.2) is 9.79 Å². The van der Waals surface area contributed by atoms with Crippen LogP contribution in [0.3, 0.4) is 0 Å². The number of nitrogens with zero attached hydrogens (tertiary/aromatic N) is 2. The Bertz CT molecular complexity index is 1130. The third kappa shape index (κ3) is 5.98. The maximum atomic E-state index is 12.5. The largest absolute Gasteiger partial charge is 0.498 e. The van der Waals surface area contributed by atoms with E-state index in [2.05, 4.69) is 11.6 Å². The number of ether oxygens (including phenoxy) is 2. The normalized spacial score (nSPS) is 13.6. The van der Waals surface area contributed by atoms with Gasteiger partial charge in [-0.2, -0.15) is 0 Å². The monoisotopic (exact) mass is 462 g/mol. The van der Waals surface area contributed by atoms with Crippen molar-refractivity contribution in [1.82, 2.24) is 0 Å². The molecule has 0 bridgehead atoms. The Balaban J connectivity index is 1.73. The van der Waals surface area contributed by atoms with Crippen molar-refractivity contribution in [2.24, 2.45) is 4.99 Å². The highest BCUT2D eigenvalue weighted by Gasteiger charge is 2.28. The van der Waals surface area contributed by atoms with E-state index in [1.807, 2.05) is 36.1 Å². The van der Waals surface area contributed by atoms with E-state index >= 15 is 0 Å². The van der Waals surface area contributed by atoms with Gasteiger partial charge >= 0.3 is 11.9 Å². The lowest BCUT2D eigenvalue weighted by molar-refractivity contribution is -0.144. The lowest BCUT2D eigenvalue weighted by atomic mass is 9.89. The minimum Gasteiger partial charge on any atom is -0.498 e. The zero-order valence-electron chi connectivity index (χ0n) is 18.9. The maximum Gasteiger partial charge on any atom is 0.339 e. The molecule has 8 nitrogen and oxygen atoms in total. The van der Waals surface area contributed by atoms with Crippen LogP contribution in [0.1, 0.15) is 29.3 Å². The maximum absolute atomic E-state index is 12.5. The van der Waals surface area contributed by atoms with Crippen LogP contribution >= 0.6 is 0 Å². The number of rotatable bonds is 11. The van der Waals surface area contributed by atoms with Crippen molar-refractivity contribution in [2.45, 2.75) is 13.3 Å². The van der Waals surface area contributed by atoms with Crippen molar-refractivity contribution in [3.05, 3.63) is 84.1 Å². The van der Waals surface area contributed by atoms with E-state index in [9.17, 15) is 19.5 Å². The summed E-state index contributed by atoms with van der Waals surface area (Å²) in [5.41, 5.74) is 2.54. The average Bonchev–Trinajstić information content (AvgIpc) is 2.84. The predicted octanol–water partition coefficient (Wildman–Crippen LogP) is 3.93. The number of aliphatic imine (C=N–C) groups is 1. The summed E-state index contributed by atoms with van der Waals surface area (Å²) in [6, 6.07) is 14.2. The summed E-state index contributed by atoms with van der Waals surface area (Å²) < 4.78 is 10.0. The van der Waals surface area contributed by atoms with Crippen molar-refractivity contribution in [3.8, 4) is 0 Å². The Kier molecular flexibility index (Phi) is 8.34. The second-order valence-electron chi connectivity index (χ2n) is 7.34. The molecule has 0 atom stereocenters. The van der Waals surface area contributed by atoms with Crippen molar-refractivity contribution < 1.29 is 29.0 Å². The first-order valence-electron chi connectivity index (χ1n) is 10.9. The number of esters is 1. The van der Waals surface area contributed by atoms with Gasteiger partial charge in [0.05, 0.1) is 24.1 Å². The summed E-state index contributed by atoms with van der Waals surface area (Å²) in [5, 5.41) is 9.41. The standard InChI is InChI=1S/C26H26N2O6/c1-3-28(14-13-24(29)34-16-15-33-4-2)19-11-9-18(10-12-19)27-23-17-22(26(31)32)25(30)21-8-6-5-7-20(21)23/h4-12,17H,2-3,13-16H2,1H3,(H,31,32). The summed E-state index contributed by atoms with van der Waals surface area (Å²) >= 11 is 0. The number of carboxylic acid groups (broad SMARTS) is 1. The highest BCUT2D eigenvalue weighted by atomic mass is 16.6. The second kappa shape index (κ2) is 11.6. The molecule has 1 aliphatic carbocycles. The molecule has 176 valence electrons. The van der Waals surface area contributed by atoms with Gasteiger partial charge in [-0.3, -0.25) is 9.59 Å². The molecule has 0 spiro atoms. The molecule has 1 N–H and O–H groups in total. The minimum atomic E-state index is -1.28. The van der Waals surface area contributed by atoms with Gasteiger partial charge in [-0.15, -0.1) is 0 Å². The molecule has 0 aliphatic heterocycles. The van der Waals surface area contributed by atoms with E-state index in [0.717, 1.165) is 5.69 Å². The lowest BCUT2D eigenvalue weighted by Gasteiger charge is -2.22. The van der Waals surface area contributed by atoms with Gasteiger partial charge in [0.25, 0.3) is 0 Å². The van der Waals surface area contributed by atoms with Crippen LogP contribution in [0, 0.1) is 0 Å². The molecule has 0 aromatic heterocycles. The molecule has 0 fully saturated rings. The van der Waals surface area contributed by atoms with E-state index in [4.69, 9.17) is 9.47 Å². The molecule has 2 aromatic rings. The fourth-order valence-corrected chi connectivity index (χ4v) is 3.51. The van der Waals surface area contributed by atoms with Crippen LogP contribution in [0.25, 0.3) is 0 Å². The average molecular weight is 463 g/mol. The van der Waals surface area contributed by atoms with Crippen LogP contribution in [0.2, 0.25) is 0 Å². The van der Waals surface area contributed by atoms with E-state index in [-0.39, 0.29) is 31.2 Å². The Hall–Kier alpha value is -4.20. The molecule has 1 aliphatic rings. The summed E-state index contributed by atoms with van der Waals surface area (Å²) in [4.78, 5) is 42.5. The highest BCUT2D eigenvalue weighted by Crippen LogP contribution is 2.26. The quantitative estimate of drug-likeness (QED) is 0.233. The summed E-state index contributed by atoms with van der Waals surface area (Å²) in [5.74, 6) is -2.11. The summed E-state index contributed by atoms with van der Waals surface area (Å²) in [6.45, 7) is 7.06. The van der Waals surface area contributed by atoms with Crippen LogP contribution in [-0.4, -0.2) is 54.8 Å². The Morgan fingerprint density at radius 2 is 1.79 bits per heavy atom.